The minimum Gasteiger partial charge on any atom is -0.450 e. The van der Waals surface area contributed by atoms with Crippen molar-refractivity contribution < 1.29 is 23.1 Å². The molecule has 2 aromatic rings. The minimum absolute atomic E-state index is 0.117. The van der Waals surface area contributed by atoms with Crippen LogP contribution in [0.3, 0.4) is 0 Å². The second-order valence-electron chi connectivity index (χ2n) is 4.05. The lowest BCUT2D eigenvalue weighted by Crippen LogP contribution is -2.07. The molecule has 19 heavy (non-hydrogen) atoms. The summed E-state index contributed by atoms with van der Waals surface area (Å²) in [5, 5.41) is 0.587. The van der Waals surface area contributed by atoms with E-state index in [9.17, 15) is 9.18 Å². The molecule has 1 aromatic carbocycles. The van der Waals surface area contributed by atoms with Gasteiger partial charge in [-0.3, -0.25) is 4.79 Å². The molecule has 0 aliphatic carbocycles. The van der Waals surface area contributed by atoms with Crippen LogP contribution in [0.4, 0.5) is 4.39 Å². The Morgan fingerprint density at radius 2 is 2.16 bits per heavy atom. The molecule has 0 fully saturated rings. The number of furan rings is 1. The molecule has 0 radical (unpaired) electrons. The Morgan fingerprint density at radius 1 is 1.32 bits per heavy atom. The van der Waals surface area contributed by atoms with E-state index >= 15 is 0 Å². The number of fused-ring (bicyclic) bond motifs is 1. The molecule has 0 saturated carbocycles. The van der Waals surface area contributed by atoms with E-state index in [-0.39, 0.29) is 23.5 Å². The van der Waals surface area contributed by atoms with Gasteiger partial charge in [-0.2, -0.15) is 0 Å². The fourth-order valence-electron chi connectivity index (χ4n) is 1.70. The van der Waals surface area contributed by atoms with Crippen molar-refractivity contribution in [1.82, 2.24) is 0 Å². The molecule has 4 nitrogen and oxygen atoms in total. The lowest BCUT2D eigenvalue weighted by molar-refractivity contribution is 0.0632. The third-order valence-electron chi connectivity index (χ3n) is 2.68. The van der Waals surface area contributed by atoms with Gasteiger partial charge in [-0.1, -0.05) is 12.1 Å². The van der Waals surface area contributed by atoms with Crippen molar-refractivity contribution in [1.29, 1.82) is 0 Å². The maximum Gasteiger partial charge on any atom is 0.200 e. The summed E-state index contributed by atoms with van der Waals surface area (Å²) in [4.78, 5) is 11.8. The van der Waals surface area contributed by atoms with Crippen molar-refractivity contribution >= 4 is 16.8 Å². The fraction of sp³-hybridized carbons (Fsp3) is 0.357. The van der Waals surface area contributed by atoms with Crippen LogP contribution in [0, 0.1) is 5.82 Å². The van der Waals surface area contributed by atoms with Crippen molar-refractivity contribution in [3.05, 3.63) is 35.8 Å². The Labute approximate surface area is 110 Å². The maximum absolute atomic E-state index is 13.4. The summed E-state index contributed by atoms with van der Waals surface area (Å²) < 4.78 is 28.7. The van der Waals surface area contributed by atoms with Gasteiger partial charge in [0.05, 0.1) is 19.8 Å². The smallest absolute Gasteiger partial charge is 0.200 e. The van der Waals surface area contributed by atoms with Gasteiger partial charge < -0.3 is 13.9 Å². The number of benzene rings is 1. The van der Waals surface area contributed by atoms with Crippen LogP contribution < -0.4 is 0 Å². The van der Waals surface area contributed by atoms with Crippen molar-refractivity contribution in [2.24, 2.45) is 0 Å². The molecular formula is C14H15FO4. The molecule has 0 amide bonds. The van der Waals surface area contributed by atoms with Gasteiger partial charge in [0.2, 0.25) is 0 Å². The van der Waals surface area contributed by atoms with Gasteiger partial charge in [0.25, 0.3) is 0 Å². The highest BCUT2D eigenvalue weighted by molar-refractivity contribution is 5.97. The van der Waals surface area contributed by atoms with Crippen molar-refractivity contribution in [3.63, 3.8) is 0 Å². The predicted molar refractivity (Wildman–Crippen MR) is 67.8 cm³/mol. The number of carbonyl (C=O) groups is 1. The molecule has 0 bridgehead atoms. The summed E-state index contributed by atoms with van der Waals surface area (Å²) in [6, 6.07) is 6.13. The number of rotatable bonds is 7. The SMILES string of the molecule is COCCOCCC(=O)c1cc2cccc(F)c2o1. The van der Waals surface area contributed by atoms with Crippen LogP contribution in [0.25, 0.3) is 11.0 Å². The van der Waals surface area contributed by atoms with Crippen LogP contribution in [0.15, 0.2) is 28.7 Å². The molecule has 5 heteroatoms. The number of Topliss-reactive ketones (excluding diaryl/α,β-unsaturated/α-hetero) is 1. The molecule has 1 aromatic heterocycles. The number of para-hydroxylation sites is 1. The number of halogens is 1. The van der Waals surface area contributed by atoms with E-state index in [2.05, 4.69) is 0 Å². The monoisotopic (exact) mass is 266 g/mol. The quantitative estimate of drug-likeness (QED) is 0.571. The van der Waals surface area contributed by atoms with E-state index in [4.69, 9.17) is 13.9 Å². The second-order valence-corrected chi connectivity index (χ2v) is 4.05. The summed E-state index contributed by atoms with van der Waals surface area (Å²) >= 11 is 0. The average molecular weight is 266 g/mol. The highest BCUT2D eigenvalue weighted by atomic mass is 19.1. The van der Waals surface area contributed by atoms with E-state index in [0.717, 1.165) is 0 Å². The molecule has 1 heterocycles. The Kier molecular flexibility index (Phi) is 4.65. The van der Waals surface area contributed by atoms with Crippen molar-refractivity contribution in [3.8, 4) is 0 Å². The van der Waals surface area contributed by atoms with Crippen LogP contribution >= 0.6 is 0 Å². The van der Waals surface area contributed by atoms with E-state index in [1.165, 1.54) is 6.07 Å². The predicted octanol–water partition coefficient (Wildman–Crippen LogP) is 2.81. The fourth-order valence-corrected chi connectivity index (χ4v) is 1.70. The number of methoxy groups -OCH3 is 1. The summed E-state index contributed by atoms with van der Waals surface area (Å²) in [5.74, 6) is -0.503. The highest BCUT2D eigenvalue weighted by Gasteiger charge is 2.14. The number of hydrogen-bond donors (Lipinski definition) is 0. The van der Waals surface area contributed by atoms with Crippen molar-refractivity contribution in [2.45, 2.75) is 6.42 Å². The number of hydrogen-bond acceptors (Lipinski definition) is 4. The molecule has 102 valence electrons. The zero-order valence-electron chi connectivity index (χ0n) is 10.6. The molecular weight excluding hydrogens is 251 g/mol. The standard InChI is InChI=1S/C14H15FO4/c1-17-7-8-18-6-5-12(16)13-9-10-3-2-4-11(15)14(10)19-13/h2-4,9H,5-8H2,1H3. The first-order valence-electron chi connectivity index (χ1n) is 6.00. The van der Waals surface area contributed by atoms with Gasteiger partial charge in [-0.25, -0.2) is 4.39 Å². The maximum atomic E-state index is 13.4. The van der Waals surface area contributed by atoms with Crippen LogP contribution in [-0.2, 0) is 9.47 Å². The number of ketones is 1. The summed E-state index contributed by atoms with van der Waals surface area (Å²) in [6.45, 7) is 1.23. The molecule has 0 saturated heterocycles. The van der Waals surface area contributed by atoms with Gasteiger partial charge in [-0.05, 0) is 12.1 Å². The molecule has 0 atom stereocenters. The Bertz CT molecular complexity index is 562. The number of ether oxygens (including phenoxy) is 2. The molecule has 0 aliphatic rings. The van der Waals surface area contributed by atoms with Gasteiger partial charge in [0, 0.05) is 18.9 Å². The van der Waals surface area contributed by atoms with Crippen LogP contribution in [0.1, 0.15) is 17.0 Å². The minimum atomic E-state index is -0.465. The first-order chi connectivity index (χ1) is 9.22. The zero-order chi connectivity index (χ0) is 13.7. The van der Waals surface area contributed by atoms with Crippen LogP contribution in [0.5, 0.6) is 0 Å². The molecule has 0 N–H and O–H groups in total. The first-order valence-corrected chi connectivity index (χ1v) is 6.00. The third kappa shape index (κ3) is 3.39. The Balaban J connectivity index is 1.96. The molecule has 0 aliphatic heterocycles. The third-order valence-corrected chi connectivity index (χ3v) is 2.68. The van der Waals surface area contributed by atoms with E-state index < -0.39 is 5.82 Å². The van der Waals surface area contributed by atoms with Gasteiger partial charge in [-0.15, -0.1) is 0 Å². The second kappa shape index (κ2) is 6.45. The Morgan fingerprint density at radius 3 is 2.89 bits per heavy atom. The van der Waals surface area contributed by atoms with Gasteiger partial charge in [0.1, 0.15) is 0 Å². The van der Waals surface area contributed by atoms with E-state index in [0.29, 0.717) is 25.2 Å². The lowest BCUT2D eigenvalue weighted by atomic mass is 10.2. The Hall–Kier alpha value is -1.72. The van der Waals surface area contributed by atoms with E-state index in [1.807, 2.05) is 0 Å². The normalized spacial score (nSPS) is 11.1. The lowest BCUT2D eigenvalue weighted by Gasteiger charge is -2.01. The number of carbonyl (C=O) groups excluding carboxylic acids is 1. The summed E-state index contributed by atoms with van der Waals surface area (Å²) in [6.07, 6.45) is 0.200. The van der Waals surface area contributed by atoms with Crippen LogP contribution in [-0.4, -0.2) is 32.7 Å². The average Bonchev–Trinajstić information content (AvgIpc) is 2.84. The largest absolute Gasteiger partial charge is 0.450 e. The summed E-state index contributed by atoms with van der Waals surface area (Å²) in [5.41, 5.74) is 0.117. The highest BCUT2D eigenvalue weighted by Crippen LogP contribution is 2.22. The first kappa shape index (κ1) is 13.7. The van der Waals surface area contributed by atoms with E-state index in [1.54, 1.807) is 25.3 Å². The molecule has 0 unspecified atom stereocenters. The molecule has 0 spiro atoms. The zero-order valence-corrected chi connectivity index (χ0v) is 10.6. The van der Waals surface area contributed by atoms with Gasteiger partial charge in [0.15, 0.2) is 22.9 Å². The topological polar surface area (TPSA) is 48.7 Å². The van der Waals surface area contributed by atoms with Gasteiger partial charge >= 0.3 is 0 Å². The summed E-state index contributed by atoms with van der Waals surface area (Å²) in [7, 11) is 1.58. The van der Waals surface area contributed by atoms with Crippen LogP contribution in [0.2, 0.25) is 0 Å². The van der Waals surface area contributed by atoms with Crippen molar-refractivity contribution in [2.75, 3.05) is 26.9 Å². The molecule has 2 rings (SSSR count).